The molecule has 1 unspecified atom stereocenters. The molecule has 1 aliphatic heterocycles. The normalized spacial score (nSPS) is 25.4. The summed E-state index contributed by atoms with van der Waals surface area (Å²) in [6.07, 6.45) is -0.0535. The fourth-order valence-corrected chi connectivity index (χ4v) is 8.03. The van der Waals surface area contributed by atoms with Crippen LogP contribution >= 0.6 is 0 Å². The Hall–Kier alpha value is -3.05. The Labute approximate surface area is 281 Å². The van der Waals surface area contributed by atoms with Gasteiger partial charge in [-0.05, 0) is 67.6 Å². The van der Waals surface area contributed by atoms with Gasteiger partial charge in [-0.3, -0.25) is 24.0 Å². The van der Waals surface area contributed by atoms with Crippen LogP contribution in [0.5, 0.6) is 0 Å². The van der Waals surface area contributed by atoms with Gasteiger partial charge in [0.05, 0.1) is 12.1 Å². The Bertz CT molecular complexity index is 1270. The maximum Gasteiger partial charge on any atom is 0.389 e. The average Bonchev–Trinajstić information content (AvgIpc) is 3.91. The van der Waals surface area contributed by atoms with Crippen LogP contribution in [0.3, 0.4) is 0 Å². The van der Waals surface area contributed by atoms with E-state index in [1.165, 1.54) is 11.0 Å². The summed E-state index contributed by atoms with van der Waals surface area (Å²) in [7, 11) is 0. The summed E-state index contributed by atoms with van der Waals surface area (Å²) in [5.74, 6) is -5.01. The minimum absolute atomic E-state index is 0.0224. The zero-order valence-electron chi connectivity index (χ0n) is 28.7. The van der Waals surface area contributed by atoms with Gasteiger partial charge < -0.3 is 15.5 Å². The summed E-state index contributed by atoms with van der Waals surface area (Å²) in [5.41, 5.74) is -0.304. The number of ketones is 4. The first-order chi connectivity index (χ1) is 22.5. The number of likely N-dealkylation sites (tertiary alicyclic amines) is 1. The number of rotatable bonds is 17. The molecule has 0 radical (unpaired) electrons. The van der Waals surface area contributed by atoms with Crippen molar-refractivity contribution in [2.45, 2.75) is 129 Å². The first-order valence-corrected chi connectivity index (χ1v) is 17.7. The lowest BCUT2D eigenvalue weighted by Crippen LogP contribution is -2.59. The van der Waals surface area contributed by atoms with E-state index in [1.807, 2.05) is 27.7 Å². The topological polar surface area (TPSA) is 130 Å². The molecule has 1 heterocycles. The van der Waals surface area contributed by atoms with Crippen LogP contribution in [0.4, 0.5) is 18.0 Å². The second kappa shape index (κ2) is 15.2. The van der Waals surface area contributed by atoms with Gasteiger partial charge in [0.1, 0.15) is 6.04 Å². The Kier molecular flexibility index (Phi) is 12.0. The summed E-state index contributed by atoms with van der Waals surface area (Å²) >= 11 is 0. The van der Waals surface area contributed by atoms with Crippen LogP contribution < -0.4 is 10.6 Å². The van der Waals surface area contributed by atoms with Gasteiger partial charge in [-0.1, -0.05) is 53.0 Å². The van der Waals surface area contributed by atoms with E-state index in [2.05, 4.69) is 17.2 Å². The fraction of sp³-hybridized carbons (Fsp3) is 0.778. The average molecular weight is 680 g/mol. The van der Waals surface area contributed by atoms with E-state index in [-0.39, 0.29) is 60.2 Å². The summed E-state index contributed by atoms with van der Waals surface area (Å²) in [6, 6.07) is -3.28. The summed E-state index contributed by atoms with van der Waals surface area (Å²) in [6.45, 7) is 11.4. The van der Waals surface area contributed by atoms with Crippen molar-refractivity contribution >= 4 is 35.1 Å². The van der Waals surface area contributed by atoms with Crippen LogP contribution in [0.2, 0.25) is 0 Å². The number of carbonyl (C=O) groups excluding carboxylic acids is 6. The maximum atomic E-state index is 14.4. The summed E-state index contributed by atoms with van der Waals surface area (Å²) in [4.78, 5) is 81.9. The smallest absolute Gasteiger partial charge is 0.330 e. The number of halogens is 3. The second-order valence-corrected chi connectivity index (χ2v) is 15.4. The standard InChI is InChI=1S/C36H52F3N3O6/c1-6-7-13-25(43)31(45)23(16-17-36(37,38)39)18-26(44)30-27-24(35(27,4)5)19-42(30)33(47)29(21-11-9-8-10-12-21)41-34(48)40-28(20(2)3)32(46)22-14-15-22/h6,20-24,27-30H,1,7-19H2,2-5H3,(H2,40,41,48)/t23?,24-,27-,28-,29-,30+/m0/s1. The number of alkyl halides is 3. The molecule has 0 spiro atoms. The van der Waals surface area contributed by atoms with Crippen molar-refractivity contribution < 1.29 is 41.9 Å². The van der Waals surface area contributed by atoms with Gasteiger partial charge in [0.25, 0.3) is 0 Å². The molecular weight excluding hydrogens is 627 g/mol. The number of amides is 3. The Morgan fingerprint density at radius 3 is 2.19 bits per heavy atom. The number of Topliss-reactive ketones (excluding diaryl/α,β-unsaturated/α-hetero) is 4. The molecule has 2 N–H and O–H groups in total. The predicted octanol–water partition coefficient (Wildman–Crippen LogP) is 5.74. The molecule has 3 saturated carbocycles. The van der Waals surface area contributed by atoms with E-state index in [0.717, 1.165) is 32.1 Å². The molecule has 3 amide bonds. The molecule has 0 aromatic heterocycles. The van der Waals surface area contributed by atoms with Crippen LogP contribution in [0.15, 0.2) is 12.7 Å². The lowest BCUT2D eigenvalue weighted by molar-refractivity contribution is -0.148. The molecule has 48 heavy (non-hydrogen) atoms. The van der Waals surface area contributed by atoms with E-state index in [0.29, 0.717) is 12.8 Å². The van der Waals surface area contributed by atoms with Crippen LogP contribution in [0.25, 0.3) is 0 Å². The first kappa shape index (κ1) is 37.8. The number of carbonyl (C=O) groups is 6. The third kappa shape index (κ3) is 8.94. The number of fused-ring (bicyclic) bond motifs is 1. The number of nitrogens with zero attached hydrogens (tertiary/aromatic N) is 1. The van der Waals surface area contributed by atoms with Crippen LogP contribution in [-0.2, 0) is 24.0 Å². The molecule has 3 aliphatic carbocycles. The largest absolute Gasteiger partial charge is 0.389 e. The van der Waals surface area contributed by atoms with Crippen LogP contribution in [-0.4, -0.2) is 70.8 Å². The molecule has 12 heteroatoms. The van der Waals surface area contributed by atoms with Crippen LogP contribution in [0.1, 0.15) is 105 Å². The Balaban J connectivity index is 1.56. The number of nitrogens with one attached hydrogen (secondary N) is 2. The SMILES string of the molecule is C=CCCC(=O)C(=O)C(CCC(F)(F)F)CC(=O)[C@@H]1[C@@H]2[C@H](CN1C(=O)[C@@H](NC(=O)N[C@H](C(=O)C1CC1)C(C)C)C1CCCCC1)C2(C)C. The molecule has 0 aromatic rings. The number of allylic oxidation sites excluding steroid dienone is 1. The third-order valence-corrected chi connectivity index (χ3v) is 11.2. The molecule has 268 valence electrons. The van der Waals surface area contributed by atoms with Gasteiger partial charge in [0.15, 0.2) is 17.3 Å². The van der Waals surface area contributed by atoms with Crippen molar-refractivity contribution in [2.75, 3.05) is 6.54 Å². The monoisotopic (exact) mass is 679 g/mol. The van der Waals surface area contributed by atoms with E-state index in [9.17, 15) is 41.9 Å². The van der Waals surface area contributed by atoms with E-state index < -0.39 is 78.8 Å². The van der Waals surface area contributed by atoms with Crippen molar-refractivity contribution in [3.05, 3.63) is 12.7 Å². The van der Waals surface area contributed by atoms with E-state index in [1.54, 1.807) is 0 Å². The van der Waals surface area contributed by atoms with Gasteiger partial charge in [-0.25, -0.2) is 4.79 Å². The van der Waals surface area contributed by atoms with Crippen molar-refractivity contribution in [2.24, 2.45) is 40.9 Å². The first-order valence-electron chi connectivity index (χ1n) is 17.7. The second-order valence-electron chi connectivity index (χ2n) is 15.4. The number of piperidine rings is 1. The van der Waals surface area contributed by atoms with E-state index >= 15 is 0 Å². The molecule has 6 atom stereocenters. The van der Waals surface area contributed by atoms with Crippen molar-refractivity contribution in [3.63, 3.8) is 0 Å². The Morgan fingerprint density at radius 2 is 1.62 bits per heavy atom. The van der Waals surface area contributed by atoms with Gasteiger partial charge in [0.2, 0.25) is 11.7 Å². The zero-order chi connectivity index (χ0) is 35.6. The molecule has 4 aliphatic rings. The highest BCUT2D eigenvalue weighted by atomic mass is 19.4. The number of hydrogen-bond donors (Lipinski definition) is 2. The highest BCUT2D eigenvalue weighted by Crippen LogP contribution is 2.65. The summed E-state index contributed by atoms with van der Waals surface area (Å²) in [5, 5.41) is 5.67. The molecule has 1 saturated heterocycles. The molecule has 9 nitrogen and oxygen atoms in total. The number of urea groups is 1. The molecule has 0 aromatic carbocycles. The van der Waals surface area contributed by atoms with Gasteiger partial charge >= 0.3 is 12.2 Å². The van der Waals surface area contributed by atoms with Gasteiger partial charge in [-0.15, -0.1) is 6.58 Å². The third-order valence-electron chi connectivity index (χ3n) is 11.2. The number of hydrogen-bond acceptors (Lipinski definition) is 6. The van der Waals surface area contributed by atoms with Crippen LogP contribution in [0, 0.1) is 40.9 Å². The quantitative estimate of drug-likeness (QED) is 0.149. The molecule has 4 fully saturated rings. The highest BCUT2D eigenvalue weighted by molar-refractivity contribution is 6.38. The molecular formula is C36H52F3N3O6. The fourth-order valence-electron chi connectivity index (χ4n) is 8.03. The van der Waals surface area contributed by atoms with Crippen molar-refractivity contribution in [1.82, 2.24) is 15.5 Å². The molecule has 4 rings (SSSR count). The van der Waals surface area contributed by atoms with E-state index in [4.69, 9.17) is 0 Å². The summed E-state index contributed by atoms with van der Waals surface area (Å²) < 4.78 is 39.7. The van der Waals surface area contributed by atoms with Crippen molar-refractivity contribution in [1.29, 1.82) is 0 Å². The zero-order valence-corrected chi connectivity index (χ0v) is 28.7. The van der Waals surface area contributed by atoms with Crippen molar-refractivity contribution in [3.8, 4) is 0 Å². The minimum atomic E-state index is -4.58. The maximum absolute atomic E-state index is 14.4. The highest BCUT2D eigenvalue weighted by Gasteiger charge is 2.69. The molecule has 0 bridgehead atoms. The van der Waals surface area contributed by atoms with Gasteiger partial charge in [-0.2, -0.15) is 13.2 Å². The lowest BCUT2D eigenvalue weighted by atomic mass is 9.82. The lowest BCUT2D eigenvalue weighted by Gasteiger charge is -2.37. The minimum Gasteiger partial charge on any atom is -0.330 e. The van der Waals surface area contributed by atoms with Gasteiger partial charge in [0, 0.05) is 37.6 Å². The predicted molar refractivity (Wildman–Crippen MR) is 172 cm³/mol. The Morgan fingerprint density at radius 1 is 0.979 bits per heavy atom.